The topological polar surface area (TPSA) is 80.0 Å². The van der Waals surface area contributed by atoms with Crippen LogP contribution in [0, 0.1) is 6.92 Å². The molecule has 3 rings (SSSR count). The first-order chi connectivity index (χ1) is 10.1. The number of carboxylic acid groups (broad SMARTS) is 1. The van der Waals surface area contributed by atoms with Gasteiger partial charge in [-0.1, -0.05) is 18.2 Å². The summed E-state index contributed by atoms with van der Waals surface area (Å²) in [6, 6.07) is 7.38. The van der Waals surface area contributed by atoms with Gasteiger partial charge in [-0.15, -0.1) is 0 Å². The number of ether oxygens (including phenoxy) is 1. The maximum atomic E-state index is 12.4. The van der Waals surface area contributed by atoms with Crippen LogP contribution in [0.1, 0.15) is 16.1 Å². The highest BCUT2D eigenvalue weighted by Gasteiger charge is 2.30. The lowest BCUT2D eigenvalue weighted by Crippen LogP contribution is -2.48. The summed E-state index contributed by atoms with van der Waals surface area (Å²) in [5.41, 5.74) is 1.64. The molecule has 0 radical (unpaired) electrons. The number of carboxylic acids is 1. The summed E-state index contributed by atoms with van der Waals surface area (Å²) < 4.78 is 10.7. The molecule has 1 atom stereocenters. The third-order valence-corrected chi connectivity index (χ3v) is 3.58. The van der Waals surface area contributed by atoms with E-state index in [1.165, 1.54) is 4.90 Å². The minimum Gasteiger partial charge on any atom is -0.479 e. The second-order valence-corrected chi connectivity index (χ2v) is 5.05. The number of furan rings is 1. The van der Waals surface area contributed by atoms with E-state index < -0.39 is 12.1 Å². The van der Waals surface area contributed by atoms with Gasteiger partial charge in [0.25, 0.3) is 5.91 Å². The molecule has 2 heterocycles. The Morgan fingerprint density at radius 2 is 2.19 bits per heavy atom. The number of benzene rings is 1. The van der Waals surface area contributed by atoms with Crippen LogP contribution in [-0.4, -0.2) is 47.7 Å². The van der Waals surface area contributed by atoms with Crippen molar-refractivity contribution in [3.8, 4) is 0 Å². The van der Waals surface area contributed by atoms with Gasteiger partial charge in [-0.05, 0) is 18.6 Å². The van der Waals surface area contributed by atoms with Crippen molar-refractivity contribution in [2.45, 2.75) is 13.0 Å². The van der Waals surface area contributed by atoms with Gasteiger partial charge >= 0.3 is 5.97 Å². The Labute approximate surface area is 120 Å². The number of nitrogens with zero attached hydrogens (tertiary/aromatic N) is 1. The Bertz CT molecular complexity index is 705. The van der Waals surface area contributed by atoms with Gasteiger partial charge in [0, 0.05) is 11.9 Å². The van der Waals surface area contributed by atoms with Gasteiger partial charge in [-0.3, -0.25) is 4.79 Å². The van der Waals surface area contributed by atoms with Crippen molar-refractivity contribution in [1.29, 1.82) is 0 Å². The fraction of sp³-hybridized carbons (Fsp3) is 0.333. The minimum atomic E-state index is -1.06. The van der Waals surface area contributed by atoms with Gasteiger partial charge in [0.2, 0.25) is 0 Å². The van der Waals surface area contributed by atoms with Gasteiger partial charge < -0.3 is 19.2 Å². The molecule has 1 aliphatic heterocycles. The SMILES string of the molecule is Cc1cccc2cc(C(=O)N3CCOC(C(=O)O)C3)oc12. The summed E-state index contributed by atoms with van der Waals surface area (Å²) in [6.07, 6.45) is -0.978. The van der Waals surface area contributed by atoms with Crippen molar-refractivity contribution in [3.05, 3.63) is 35.6 Å². The highest BCUT2D eigenvalue weighted by molar-refractivity contribution is 5.97. The maximum Gasteiger partial charge on any atom is 0.334 e. The number of amides is 1. The number of carbonyl (C=O) groups is 2. The molecule has 2 aromatic rings. The molecule has 110 valence electrons. The molecule has 1 N–H and O–H groups in total. The van der Waals surface area contributed by atoms with Crippen molar-refractivity contribution in [2.75, 3.05) is 19.7 Å². The van der Waals surface area contributed by atoms with Crippen LogP contribution in [-0.2, 0) is 9.53 Å². The van der Waals surface area contributed by atoms with E-state index in [1.807, 2.05) is 25.1 Å². The van der Waals surface area contributed by atoms with Gasteiger partial charge in [0.1, 0.15) is 5.58 Å². The second kappa shape index (κ2) is 5.21. The molecular formula is C15H15NO5. The molecule has 1 unspecified atom stereocenters. The number of para-hydroxylation sites is 1. The molecule has 1 aromatic heterocycles. The second-order valence-electron chi connectivity index (χ2n) is 5.05. The molecule has 6 heteroatoms. The van der Waals surface area contributed by atoms with Crippen LogP contribution in [0.3, 0.4) is 0 Å². The number of aryl methyl sites for hydroxylation is 1. The molecular weight excluding hydrogens is 274 g/mol. The Kier molecular flexibility index (Phi) is 3.39. The van der Waals surface area contributed by atoms with Crippen LogP contribution >= 0.6 is 0 Å². The van der Waals surface area contributed by atoms with Crippen molar-refractivity contribution >= 4 is 22.8 Å². The lowest BCUT2D eigenvalue weighted by molar-refractivity contribution is -0.154. The quantitative estimate of drug-likeness (QED) is 0.909. The maximum absolute atomic E-state index is 12.4. The third kappa shape index (κ3) is 2.50. The average Bonchev–Trinajstić information content (AvgIpc) is 2.92. The van der Waals surface area contributed by atoms with Crippen LogP contribution in [0.25, 0.3) is 11.0 Å². The minimum absolute atomic E-state index is 0.0319. The van der Waals surface area contributed by atoms with Crippen LogP contribution in [0.15, 0.2) is 28.7 Å². The lowest BCUT2D eigenvalue weighted by atomic mass is 10.2. The van der Waals surface area contributed by atoms with E-state index in [4.69, 9.17) is 14.3 Å². The summed E-state index contributed by atoms with van der Waals surface area (Å²) in [7, 11) is 0. The van der Waals surface area contributed by atoms with Crippen LogP contribution < -0.4 is 0 Å². The first-order valence-corrected chi connectivity index (χ1v) is 6.69. The number of morpholine rings is 1. The van der Waals surface area contributed by atoms with Crippen LogP contribution in [0.4, 0.5) is 0 Å². The fourth-order valence-corrected chi connectivity index (χ4v) is 2.45. The van der Waals surface area contributed by atoms with E-state index in [1.54, 1.807) is 6.07 Å². The van der Waals surface area contributed by atoms with Gasteiger partial charge in [0.05, 0.1) is 13.2 Å². The summed E-state index contributed by atoms with van der Waals surface area (Å²) in [6.45, 7) is 2.51. The molecule has 0 spiro atoms. The predicted molar refractivity (Wildman–Crippen MR) is 74.2 cm³/mol. The summed E-state index contributed by atoms with van der Waals surface area (Å²) in [4.78, 5) is 24.8. The molecule has 0 saturated carbocycles. The molecule has 0 aliphatic carbocycles. The zero-order valence-electron chi connectivity index (χ0n) is 11.5. The zero-order chi connectivity index (χ0) is 15.0. The summed E-state index contributed by atoms with van der Waals surface area (Å²) >= 11 is 0. The van der Waals surface area contributed by atoms with Crippen molar-refractivity contribution in [1.82, 2.24) is 4.90 Å². The number of rotatable bonds is 2. The van der Waals surface area contributed by atoms with E-state index in [0.717, 1.165) is 10.9 Å². The predicted octanol–water partition coefficient (Wildman–Crippen LogP) is 1.67. The lowest BCUT2D eigenvalue weighted by Gasteiger charge is -2.30. The zero-order valence-corrected chi connectivity index (χ0v) is 11.5. The van der Waals surface area contributed by atoms with E-state index in [0.29, 0.717) is 12.1 Å². The summed E-state index contributed by atoms with van der Waals surface area (Å²) in [5.74, 6) is -1.14. The fourth-order valence-electron chi connectivity index (χ4n) is 2.45. The Balaban J connectivity index is 1.86. The molecule has 1 amide bonds. The van der Waals surface area contributed by atoms with E-state index in [9.17, 15) is 9.59 Å². The molecule has 1 fully saturated rings. The first kappa shape index (κ1) is 13.6. The van der Waals surface area contributed by atoms with Gasteiger partial charge in [0.15, 0.2) is 11.9 Å². The monoisotopic (exact) mass is 289 g/mol. The van der Waals surface area contributed by atoms with E-state index in [2.05, 4.69) is 0 Å². The highest BCUT2D eigenvalue weighted by atomic mass is 16.5. The largest absolute Gasteiger partial charge is 0.479 e. The summed E-state index contributed by atoms with van der Waals surface area (Å²) in [5, 5.41) is 9.84. The molecule has 21 heavy (non-hydrogen) atoms. The molecule has 1 aliphatic rings. The van der Waals surface area contributed by atoms with Crippen molar-refractivity contribution < 1.29 is 23.8 Å². The number of carbonyl (C=O) groups excluding carboxylic acids is 1. The standard InChI is InChI=1S/C15H15NO5/c1-9-3-2-4-10-7-11(21-13(9)10)14(17)16-5-6-20-12(8-16)15(18)19/h2-4,7,12H,5-6,8H2,1H3,(H,18,19). The third-order valence-electron chi connectivity index (χ3n) is 3.58. The molecule has 1 saturated heterocycles. The smallest absolute Gasteiger partial charge is 0.334 e. The molecule has 6 nitrogen and oxygen atoms in total. The Morgan fingerprint density at radius 1 is 1.38 bits per heavy atom. The highest BCUT2D eigenvalue weighted by Crippen LogP contribution is 2.24. The first-order valence-electron chi connectivity index (χ1n) is 6.69. The van der Waals surface area contributed by atoms with E-state index in [-0.39, 0.29) is 24.8 Å². The van der Waals surface area contributed by atoms with Gasteiger partial charge in [-0.25, -0.2) is 4.79 Å². The van der Waals surface area contributed by atoms with Crippen molar-refractivity contribution in [2.24, 2.45) is 0 Å². The Hall–Kier alpha value is -2.34. The van der Waals surface area contributed by atoms with Crippen molar-refractivity contribution in [3.63, 3.8) is 0 Å². The number of fused-ring (bicyclic) bond motifs is 1. The van der Waals surface area contributed by atoms with E-state index >= 15 is 0 Å². The molecule has 1 aromatic carbocycles. The normalized spacial score (nSPS) is 18.9. The number of hydrogen-bond donors (Lipinski definition) is 1. The molecule has 0 bridgehead atoms. The average molecular weight is 289 g/mol. The van der Waals surface area contributed by atoms with Gasteiger partial charge in [-0.2, -0.15) is 0 Å². The number of aliphatic carboxylic acids is 1. The van der Waals surface area contributed by atoms with Crippen LogP contribution in [0.2, 0.25) is 0 Å². The Morgan fingerprint density at radius 3 is 2.90 bits per heavy atom. The van der Waals surface area contributed by atoms with Crippen LogP contribution in [0.5, 0.6) is 0 Å². The number of hydrogen-bond acceptors (Lipinski definition) is 4.